The van der Waals surface area contributed by atoms with Gasteiger partial charge in [-0.3, -0.25) is 0 Å². The van der Waals surface area contributed by atoms with Crippen LogP contribution in [0.5, 0.6) is 0 Å². The molecule has 0 heterocycles. The van der Waals surface area contributed by atoms with E-state index >= 15 is 0 Å². The number of rotatable bonds is 6. The van der Waals surface area contributed by atoms with Crippen LogP contribution in [0.1, 0.15) is 67.1 Å². The fraction of sp³-hybridized carbons (Fsp3) is 0.909. The molecular formula is C11H26O. The van der Waals surface area contributed by atoms with Crippen LogP contribution in [0, 0.1) is 0 Å². The molecule has 0 aliphatic carbocycles. The van der Waals surface area contributed by atoms with Crippen LogP contribution in [-0.2, 0) is 4.79 Å². The molecule has 76 valence electrons. The van der Waals surface area contributed by atoms with E-state index in [1.807, 2.05) is 0 Å². The molecular weight excluding hydrogens is 148 g/mol. The van der Waals surface area contributed by atoms with Gasteiger partial charge in [0.15, 0.2) is 0 Å². The molecule has 0 N–H and O–H groups in total. The highest BCUT2D eigenvalue weighted by Crippen LogP contribution is 1.95. The largest absolute Gasteiger partial charge is 0.303 e. The number of carbonyl (C=O) groups is 1. The zero-order chi connectivity index (χ0) is 9.66. The number of unbranched alkanes of at least 4 members (excludes halogenated alkanes) is 5. The van der Waals surface area contributed by atoms with E-state index in [1.165, 1.54) is 25.7 Å². The number of hydrogen-bond acceptors (Lipinski definition) is 1. The predicted octanol–water partition coefficient (Wildman–Crippen LogP) is 4.21. The standard InChI is InChI=1S/C6H14.C5H10O.H2/c1-3-5-6-4-2;1-2-3-4-5-6;/h3-6H2,1-2H3;5H,2-4H2,1H3;1H. The minimum atomic E-state index is 0. The Kier molecular flexibility index (Phi) is 20.1. The summed E-state index contributed by atoms with van der Waals surface area (Å²) in [5.74, 6) is 0. The minimum absolute atomic E-state index is 0. The Morgan fingerprint density at radius 2 is 1.33 bits per heavy atom. The summed E-state index contributed by atoms with van der Waals surface area (Å²) < 4.78 is 0. The van der Waals surface area contributed by atoms with Crippen molar-refractivity contribution >= 4 is 6.29 Å². The lowest BCUT2D eigenvalue weighted by atomic mass is 10.2. The van der Waals surface area contributed by atoms with Crippen molar-refractivity contribution in [2.75, 3.05) is 0 Å². The summed E-state index contributed by atoms with van der Waals surface area (Å²) in [7, 11) is 0. The Bertz CT molecular complexity index is 70.5. The summed E-state index contributed by atoms with van der Waals surface area (Å²) in [6.45, 7) is 6.54. The van der Waals surface area contributed by atoms with Crippen LogP contribution in [0.2, 0.25) is 0 Å². The van der Waals surface area contributed by atoms with Crippen LogP contribution >= 0.6 is 0 Å². The van der Waals surface area contributed by atoms with Crippen LogP contribution in [-0.4, -0.2) is 6.29 Å². The van der Waals surface area contributed by atoms with Crippen LogP contribution in [0.15, 0.2) is 0 Å². The van der Waals surface area contributed by atoms with Crippen molar-refractivity contribution in [2.45, 2.75) is 65.7 Å². The summed E-state index contributed by atoms with van der Waals surface area (Å²) in [4.78, 5) is 9.56. The first kappa shape index (κ1) is 14.2. The summed E-state index contributed by atoms with van der Waals surface area (Å²) in [6, 6.07) is 0. The van der Waals surface area contributed by atoms with E-state index in [0.717, 1.165) is 25.5 Å². The lowest BCUT2D eigenvalue weighted by Crippen LogP contribution is -1.70. The van der Waals surface area contributed by atoms with Gasteiger partial charge < -0.3 is 4.79 Å². The third-order valence-electron chi connectivity index (χ3n) is 1.63. The topological polar surface area (TPSA) is 17.1 Å². The first-order valence-corrected chi connectivity index (χ1v) is 5.27. The van der Waals surface area contributed by atoms with Gasteiger partial charge in [0.1, 0.15) is 6.29 Å². The molecule has 12 heavy (non-hydrogen) atoms. The maximum Gasteiger partial charge on any atom is 0.119 e. The molecule has 0 aromatic carbocycles. The molecule has 1 heteroatoms. The second-order valence-electron chi connectivity index (χ2n) is 3.02. The van der Waals surface area contributed by atoms with Gasteiger partial charge in [0.25, 0.3) is 0 Å². The lowest BCUT2D eigenvalue weighted by molar-refractivity contribution is -0.107. The van der Waals surface area contributed by atoms with Crippen molar-refractivity contribution in [3.8, 4) is 0 Å². The van der Waals surface area contributed by atoms with Crippen LogP contribution in [0.4, 0.5) is 0 Å². The molecule has 1 nitrogen and oxygen atoms in total. The summed E-state index contributed by atoms with van der Waals surface area (Å²) in [5, 5.41) is 0. The zero-order valence-electron chi connectivity index (χ0n) is 8.94. The van der Waals surface area contributed by atoms with Gasteiger partial charge in [0, 0.05) is 7.85 Å². The van der Waals surface area contributed by atoms with Gasteiger partial charge in [-0.15, -0.1) is 0 Å². The molecule has 0 saturated carbocycles. The second-order valence-corrected chi connectivity index (χ2v) is 3.02. The smallest absolute Gasteiger partial charge is 0.119 e. The van der Waals surface area contributed by atoms with E-state index in [-0.39, 0.29) is 1.43 Å². The van der Waals surface area contributed by atoms with Gasteiger partial charge >= 0.3 is 0 Å². The Balaban J connectivity index is -0.000000143. The molecule has 0 aromatic heterocycles. The van der Waals surface area contributed by atoms with E-state index in [1.54, 1.807) is 0 Å². The SMILES string of the molecule is CCCCC=O.CCCCCC.[HH]. The third kappa shape index (κ3) is 22.6. The molecule has 0 amide bonds. The Morgan fingerprint density at radius 3 is 1.50 bits per heavy atom. The Labute approximate surface area is 79.0 Å². The van der Waals surface area contributed by atoms with Gasteiger partial charge in [0.05, 0.1) is 0 Å². The molecule has 0 bridgehead atoms. The Hall–Kier alpha value is -0.330. The fourth-order valence-corrected chi connectivity index (χ4v) is 0.787. The van der Waals surface area contributed by atoms with E-state index < -0.39 is 0 Å². The predicted molar refractivity (Wildman–Crippen MR) is 57.5 cm³/mol. The van der Waals surface area contributed by atoms with Crippen LogP contribution < -0.4 is 0 Å². The van der Waals surface area contributed by atoms with Crippen molar-refractivity contribution in [2.24, 2.45) is 0 Å². The van der Waals surface area contributed by atoms with E-state index in [4.69, 9.17) is 0 Å². The Morgan fingerprint density at radius 1 is 0.917 bits per heavy atom. The molecule has 0 atom stereocenters. The first-order valence-electron chi connectivity index (χ1n) is 5.27. The third-order valence-corrected chi connectivity index (χ3v) is 1.63. The lowest BCUT2D eigenvalue weighted by Gasteiger charge is -1.86. The van der Waals surface area contributed by atoms with Gasteiger partial charge in [-0.1, -0.05) is 52.9 Å². The van der Waals surface area contributed by atoms with Crippen molar-refractivity contribution in [3.05, 3.63) is 0 Å². The molecule has 0 aliphatic heterocycles. The second kappa shape index (κ2) is 17.0. The summed E-state index contributed by atoms with van der Waals surface area (Å²) >= 11 is 0. The van der Waals surface area contributed by atoms with Crippen molar-refractivity contribution in [3.63, 3.8) is 0 Å². The van der Waals surface area contributed by atoms with E-state index in [9.17, 15) is 4.79 Å². The minimum Gasteiger partial charge on any atom is -0.303 e. The van der Waals surface area contributed by atoms with Gasteiger partial charge in [-0.2, -0.15) is 0 Å². The molecule has 0 fully saturated rings. The summed E-state index contributed by atoms with van der Waals surface area (Å²) in [5.41, 5.74) is 0. The molecule has 0 radical (unpaired) electrons. The number of hydrogen-bond donors (Lipinski definition) is 0. The highest BCUT2D eigenvalue weighted by molar-refractivity contribution is 5.48. The maximum atomic E-state index is 9.56. The van der Waals surface area contributed by atoms with Crippen molar-refractivity contribution in [1.29, 1.82) is 0 Å². The molecule has 0 saturated heterocycles. The average Bonchev–Trinajstić information content (AvgIpc) is 2.12. The van der Waals surface area contributed by atoms with Gasteiger partial charge in [-0.05, 0) is 6.42 Å². The average molecular weight is 174 g/mol. The summed E-state index contributed by atoms with van der Waals surface area (Å²) in [6.07, 6.45) is 9.40. The van der Waals surface area contributed by atoms with Crippen LogP contribution in [0.3, 0.4) is 0 Å². The normalized spacial score (nSPS) is 8.58. The van der Waals surface area contributed by atoms with Crippen LogP contribution in [0.25, 0.3) is 0 Å². The maximum absolute atomic E-state index is 9.56. The van der Waals surface area contributed by atoms with Crippen molar-refractivity contribution < 1.29 is 6.22 Å². The highest BCUT2D eigenvalue weighted by atomic mass is 16.1. The monoisotopic (exact) mass is 174 g/mol. The number of carbonyl (C=O) groups excluding carboxylic acids is 1. The molecule has 0 unspecified atom stereocenters. The van der Waals surface area contributed by atoms with E-state index in [0.29, 0.717) is 0 Å². The first-order chi connectivity index (χ1) is 5.83. The van der Waals surface area contributed by atoms with Gasteiger partial charge in [0.2, 0.25) is 0 Å². The molecule has 0 rings (SSSR count). The molecule has 0 spiro atoms. The molecule has 0 aromatic rings. The number of aldehydes is 1. The molecule has 0 aliphatic rings. The highest BCUT2D eigenvalue weighted by Gasteiger charge is 1.75. The van der Waals surface area contributed by atoms with E-state index in [2.05, 4.69) is 20.8 Å². The zero-order valence-corrected chi connectivity index (χ0v) is 8.94. The quantitative estimate of drug-likeness (QED) is 0.435. The van der Waals surface area contributed by atoms with Crippen molar-refractivity contribution in [1.82, 2.24) is 0 Å². The fourth-order valence-electron chi connectivity index (χ4n) is 0.787. The van der Waals surface area contributed by atoms with Gasteiger partial charge in [-0.25, -0.2) is 0 Å².